The van der Waals surface area contributed by atoms with E-state index < -0.39 is 0 Å². The number of aryl methyl sites for hydroxylation is 3. The Morgan fingerprint density at radius 2 is 1.52 bits per heavy atom. The fraction of sp³-hybridized carbons (Fsp3) is 0.192. The van der Waals surface area contributed by atoms with Crippen LogP contribution in [0.15, 0.2) is 76.7 Å². The lowest BCUT2D eigenvalue weighted by atomic mass is 10.1. The van der Waals surface area contributed by atoms with Gasteiger partial charge in [-0.25, -0.2) is 4.99 Å². The summed E-state index contributed by atoms with van der Waals surface area (Å²) >= 11 is 1.47. The van der Waals surface area contributed by atoms with Crippen molar-refractivity contribution in [2.75, 3.05) is 11.1 Å². The Morgan fingerprint density at radius 1 is 0.871 bits per heavy atom. The number of hydrogen-bond donors (Lipinski definition) is 1. The van der Waals surface area contributed by atoms with Crippen LogP contribution in [0.25, 0.3) is 0 Å². The standard InChI is InChI=1S/C26H25N3OS/c1-17-11-13-20(14-12-17)23-15-25(28-22-10-5-4-9-21(22)27-23)31-16-24(30)29-26-18(2)7-6-8-19(26)3/h4-14H,15-16H2,1-3H3,(H,29,30). The minimum Gasteiger partial charge on any atom is -0.325 e. The molecule has 1 heterocycles. The second-order valence-electron chi connectivity index (χ2n) is 7.70. The highest BCUT2D eigenvalue weighted by Gasteiger charge is 2.17. The number of fused-ring (bicyclic) bond motifs is 1. The van der Waals surface area contributed by atoms with E-state index in [1.165, 1.54) is 17.3 Å². The number of para-hydroxylation sites is 3. The van der Waals surface area contributed by atoms with Gasteiger partial charge in [0.25, 0.3) is 0 Å². The zero-order valence-electron chi connectivity index (χ0n) is 18.0. The molecule has 4 nitrogen and oxygen atoms in total. The Morgan fingerprint density at radius 3 is 2.19 bits per heavy atom. The SMILES string of the molecule is Cc1ccc(C2=Nc3ccccc3N=C(SCC(=O)Nc3c(C)cccc3C)C2)cc1. The van der Waals surface area contributed by atoms with Gasteiger partial charge in [-0.1, -0.05) is 60.2 Å². The van der Waals surface area contributed by atoms with E-state index >= 15 is 0 Å². The molecule has 0 aromatic heterocycles. The first-order valence-electron chi connectivity index (χ1n) is 10.3. The number of carbonyl (C=O) groups is 1. The van der Waals surface area contributed by atoms with Gasteiger partial charge in [0.1, 0.15) is 0 Å². The van der Waals surface area contributed by atoms with E-state index in [0.29, 0.717) is 12.2 Å². The molecule has 3 aromatic carbocycles. The molecule has 0 unspecified atom stereocenters. The highest BCUT2D eigenvalue weighted by molar-refractivity contribution is 8.14. The van der Waals surface area contributed by atoms with Gasteiger partial charge >= 0.3 is 0 Å². The van der Waals surface area contributed by atoms with E-state index in [4.69, 9.17) is 9.98 Å². The molecule has 0 atom stereocenters. The predicted molar refractivity (Wildman–Crippen MR) is 133 cm³/mol. The first-order valence-corrected chi connectivity index (χ1v) is 11.3. The summed E-state index contributed by atoms with van der Waals surface area (Å²) in [4.78, 5) is 22.4. The van der Waals surface area contributed by atoms with E-state index in [2.05, 4.69) is 36.5 Å². The lowest BCUT2D eigenvalue weighted by molar-refractivity contribution is -0.113. The van der Waals surface area contributed by atoms with Gasteiger partial charge in [0, 0.05) is 12.1 Å². The Hall–Kier alpha value is -3.18. The summed E-state index contributed by atoms with van der Waals surface area (Å²) in [5, 5.41) is 3.95. The summed E-state index contributed by atoms with van der Waals surface area (Å²) in [6.45, 7) is 6.09. The predicted octanol–water partition coefficient (Wildman–Crippen LogP) is 6.54. The number of carbonyl (C=O) groups excluding carboxylic acids is 1. The van der Waals surface area contributed by atoms with Crippen LogP contribution >= 0.6 is 11.8 Å². The van der Waals surface area contributed by atoms with E-state index in [0.717, 1.165) is 44.5 Å². The van der Waals surface area contributed by atoms with Crippen molar-refractivity contribution in [2.24, 2.45) is 9.98 Å². The van der Waals surface area contributed by atoms with Gasteiger partial charge in [0.15, 0.2) is 0 Å². The number of anilines is 1. The molecule has 0 saturated carbocycles. The number of benzene rings is 3. The second-order valence-corrected chi connectivity index (χ2v) is 8.75. The van der Waals surface area contributed by atoms with Crippen molar-refractivity contribution < 1.29 is 4.79 Å². The van der Waals surface area contributed by atoms with Crippen molar-refractivity contribution in [3.8, 4) is 0 Å². The molecule has 3 aromatic rings. The van der Waals surface area contributed by atoms with Gasteiger partial charge in [-0.2, -0.15) is 0 Å². The maximum absolute atomic E-state index is 12.7. The highest BCUT2D eigenvalue weighted by Crippen LogP contribution is 2.33. The minimum atomic E-state index is -0.0311. The fourth-order valence-corrected chi connectivity index (χ4v) is 4.26. The number of nitrogens with zero attached hydrogens (tertiary/aromatic N) is 2. The van der Waals surface area contributed by atoms with Crippen LogP contribution in [0.3, 0.4) is 0 Å². The van der Waals surface area contributed by atoms with Crippen molar-refractivity contribution in [1.29, 1.82) is 0 Å². The van der Waals surface area contributed by atoms with Crippen LogP contribution in [0.4, 0.5) is 17.1 Å². The first kappa shape index (κ1) is 21.1. The van der Waals surface area contributed by atoms with Crippen molar-refractivity contribution in [1.82, 2.24) is 0 Å². The molecule has 1 aliphatic heterocycles. The number of nitrogens with one attached hydrogen (secondary N) is 1. The average molecular weight is 428 g/mol. The molecular formula is C26H25N3OS. The summed E-state index contributed by atoms with van der Waals surface area (Å²) in [7, 11) is 0. The highest BCUT2D eigenvalue weighted by atomic mass is 32.2. The third-order valence-electron chi connectivity index (χ3n) is 5.20. The number of hydrogen-bond acceptors (Lipinski definition) is 4. The minimum absolute atomic E-state index is 0.0311. The zero-order chi connectivity index (χ0) is 21.8. The van der Waals surface area contributed by atoms with E-state index in [1.807, 2.05) is 56.3 Å². The molecule has 0 radical (unpaired) electrons. The maximum atomic E-state index is 12.7. The van der Waals surface area contributed by atoms with Crippen LogP contribution in [0.1, 0.15) is 28.7 Å². The molecule has 1 amide bonds. The van der Waals surface area contributed by atoms with Crippen molar-refractivity contribution in [2.45, 2.75) is 27.2 Å². The summed E-state index contributed by atoms with van der Waals surface area (Å²) < 4.78 is 0. The average Bonchev–Trinajstić information content (AvgIpc) is 2.95. The summed E-state index contributed by atoms with van der Waals surface area (Å²) in [5.41, 5.74) is 7.96. The summed E-state index contributed by atoms with van der Waals surface area (Å²) in [6.07, 6.45) is 0.596. The van der Waals surface area contributed by atoms with Gasteiger partial charge in [0.2, 0.25) is 5.91 Å². The van der Waals surface area contributed by atoms with Crippen molar-refractivity contribution >= 4 is 45.5 Å². The Balaban J connectivity index is 1.54. The molecule has 1 aliphatic rings. The van der Waals surface area contributed by atoms with E-state index in [1.54, 1.807) is 0 Å². The van der Waals surface area contributed by atoms with E-state index in [-0.39, 0.29) is 5.91 Å². The van der Waals surface area contributed by atoms with E-state index in [9.17, 15) is 4.79 Å². The Kier molecular flexibility index (Phi) is 6.33. The number of rotatable bonds is 4. The fourth-order valence-electron chi connectivity index (χ4n) is 3.49. The van der Waals surface area contributed by atoms with Crippen LogP contribution in [0.5, 0.6) is 0 Å². The molecule has 0 bridgehead atoms. The van der Waals surface area contributed by atoms with Gasteiger partial charge in [-0.15, -0.1) is 11.8 Å². The summed E-state index contributed by atoms with van der Waals surface area (Å²) in [5.74, 6) is 0.270. The third kappa shape index (κ3) is 5.12. The maximum Gasteiger partial charge on any atom is 0.234 e. The molecule has 0 saturated heterocycles. The lowest BCUT2D eigenvalue weighted by Crippen LogP contribution is -2.17. The molecule has 4 rings (SSSR count). The van der Waals surface area contributed by atoms with Gasteiger partial charge in [0.05, 0.1) is 27.9 Å². The van der Waals surface area contributed by atoms with Gasteiger partial charge in [-0.05, 0) is 49.6 Å². The Bertz CT molecular complexity index is 1160. The molecule has 0 spiro atoms. The Labute approximate surface area is 187 Å². The zero-order valence-corrected chi connectivity index (χ0v) is 18.8. The van der Waals surface area contributed by atoms with Crippen LogP contribution in [-0.4, -0.2) is 22.4 Å². The van der Waals surface area contributed by atoms with Crippen molar-refractivity contribution in [3.05, 3.63) is 89.0 Å². The molecule has 31 heavy (non-hydrogen) atoms. The van der Waals surface area contributed by atoms with Crippen LogP contribution < -0.4 is 5.32 Å². The van der Waals surface area contributed by atoms with Gasteiger partial charge < -0.3 is 5.32 Å². The van der Waals surface area contributed by atoms with Crippen LogP contribution in [-0.2, 0) is 4.79 Å². The van der Waals surface area contributed by atoms with Gasteiger partial charge in [-0.3, -0.25) is 9.79 Å². The van der Waals surface area contributed by atoms with Crippen LogP contribution in [0.2, 0.25) is 0 Å². The topological polar surface area (TPSA) is 53.8 Å². The number of amides is 1. The second kappa shape index (κ2) is 9.31. The largest absolute Gasteiger partial charge is 0.325 e. The molecule has 0 aliphatic carbocycles. The molecule has 156 valence electrons. The normalized spacial score (nSPS) is 13.0. The van der Waals surface area contributed by atoms with Crippen molar-refractivity contribution in [3.63, 3.8) is 0 Å². The first-order chi connectivity index (χ1) is 15.0. The third-order valence-corrected chi connectivity index (χ3v) is 6.18. The number of thioether (sulfide) groups is 1. The number of aliphatic imine (C=N–C) groups is 2. The smallest absolute Gasteiger partial charge is 0.234 e. The summed E-state index contributed by atoms with van der Waals surface area (Å²) in [6, 6.07) is 22.3. The molecular weight excluding hydrogens is 402 g/mol. The molecule has 5 heteroatoms. The molecule has 1 N–H and O–H groups in total. The van der Waals surface area contributed by atoms with Crippen LogP contribution in [0, 0.1) is 20.8 Å². The monoisotopic (exact) mass is 427 g/mol. The quantitative estimate of drug-likeness (QED) is 0.514. The lowest BCUT2D eigenvalue weighted by Gasteiger charge is -2.12. The molecule has 0 fully saturated rings.